The highest BCUT2D eigenvalue weighted by Gasteiger charge is 2.13. The van der Waals surface area contributed by atoms with Crippen LogP contribution in [0.1, 0.15) is 18.3 Å². The SMILES string of the molecule is CCOc1cc(NCc2ccc3c(c2)OCO3)nc(C)n1. The number of nitrogens with one attached hydrogen (secondary N) is 1. The zero-order chi connectivity index (χ0) is 14.7. The highest BCUT2D eigenvalue weighted by molar-refractivity contribution is 5.46. The molecule has 0 amide bonds. The van der Waals surface area contributed by atoms with E-state index in [1.807, 2.05) is 32.0 Å². The maximum absolute atomic E-state index is 5.41. The number of hydrogen-bond acceptors (Lipinski definition) is 6. The zero-order valence-electron chi connectivity index (χ0n) is 12.0. The molecule has 0 fully saturated rings. The predicted molar refractivity (Wildman–Crippen MR) is 77.8 cm³/mol. The van der Waals surface area contributed by atoms with Crippen molar-refractivity contribution >= 4 is 5.82 Å². The third-order valence-electron chi connectivity index (χ3n) is 3.02. The van der Waals surface area contributed by atoms with Gasteiger partial charge < -0.3 is 19.5 Å². The van der Waals surface area contributed by atoms with Gasteiger partial charge in [0.1, 0.15) is 11.6 Å². The molecule has 2 heterocycles. The molecule has 6 heteroatoms. The molecule has 0 saturated heterocycles. The Kier molecular flexibility index (Phi) is 3.77. The zero-order valence-corrected chi connectivity index (χ0v) is 12.0. The van der Waals surface area contributed by atoms with Crippen LogP contribution in [0.3, 0.4) is 0 Å². The van der Waals surface area contributed by atoms with Crippen LogP contribution in [0.15, 0.2) is 24.3 Å². The molecule has 0 unspecified atom stereocenters. The normalized spacial score (nSPS) is 12.3. The summed E-state index contributed by atoms with van der Waals surface area (Å²) >= 11 is 0. The van der Waals surface area contributed by atoms with Gasteiger partial charge >= 0.3 is 0 Å². The molecule has 2 aromatic rings. The van der Waals surface area contributed by atoms with Crippen LogP contribution < -0.4 is 19.5 Å². The van der Waals surface area contributed by atoms with Crippen LogP contribution in [0.2, 0.25) is 0 Å². The Balaban J connectivity index is 1.69. The third-order valence-corrected chi connectivity index (χ3v) is 3.02. The van der Waals surface area contributed by atoms with Crippen LogP contribution in [-0.4, -0.2) is 23.4 Å². The van der Waals surface area contributed by atoms with Crippen LogP contribution >= 0.6 is 0 Å². The minimum atomic E-state index is 0.287. The van der Waals surface area contributed by atoms with E-state index in [2.05, 4.69) is 15.3 Å². The van der Waals surface area contributed by atoms with Crippen LogP contribution in [-0.2, 0) is 6.54 Å². The fourth-order valence-corrected chi connectivity index (χ4v) is 2.10. The van der Waals surface area contributed by atoms with Gasteiger partial charge in [-0.25, -0.2) is 4.98 Å². The lowest BCUT2D eigenvalue weighted by Crippen LogP contribution is -2.05. The molecule has 21 heavy (non-hydrogen) atoms. The van der Waals surface area contributed by atoms with E-state index in [-0.39, 0.29) is 6.79 Å². The van der Waals surface area contributed by atoms with Crippen molar-refractivity contribution in [2.75, 3.05) is 18.7 Å². The number of ether oxygens (including phenoxy) is 3. The molecule has 1 aromatic heterocycles. The van der Waals surface area contributed by atoms with Gasteiger partial charge in [0.25, 0.3) is 0 Å². The summed E-state index contributed by atoms with van der Waals surface area (Å²) in [5, 5.41) is 3.26. The van der Waals surface area contributed by atoms with Gasteiger partial charge in [-0.15, -0.1) is 0 Å². The van der Waals surface area contributed by atoms with E-state index >= 15 is 0 Å². The van der Waals surface area contributed by atoms with Crippen LogP contribution in [0.4, 0.5) is 5.82 Å². The number of benzene rings is 1. The second kappa shape index (κ2) is 5.87. The van der Waals surface area contributed by atoms with Crippen LogP contribution in [0.5, 0.6) is 17.4 Å². The summed E-state index contributed by atoms with van der Waals surface area (Å²) in [6.45, 7) is 5.27. The Morgan fingerprint density at radius 2 is 2.05 bits per heavy atom. The maximum Gasteiger partial charge on any atom is 0.231 e. The van der Waals surface area contributed by atoms with Gasteiger partial charge in [-0.1, -0.05) is 6.07 Å². The summed E-state index contributed by atoms with van der Waals surface area (Å²) in [5.41, 5.74) is 1.09. The number of nitrogens with zero attached hydrogens (tertiary/aromatic N) is 2. The van der Waals surface area contributed by atoms with Crippen molar-refractivity contribution in [2.45, 2.75) is 20.4 Å². The number of fused-ring (bicyclic) bond motifs is 1. The van der Waals surface area contributed by atoms with Crippen molar-refractivity contribution in [3.8, 4) is 17.4 Å². The van der Waals surface area contributed by atoms with Gasteiger partial charge in [0.15, 0.2) is 11.5 Å². The van der Waals surface area contributed by atoms with Crippen LogP contribution in [0.25, 0.3) is 0 Å². The molecule has 0 radical (unpaired) electrons. The monoisotopic (exact) mass is 287 g/mol. The Morgan fingerprint density at radius 1 is 1.19 bits per heavy atom. The second-order valence-electron chi connectivity index (χ2n) is 4.61. The summed E-state index contributed by atoms with van der Waals surface area (Å²) in [4.78, 5) is 8.56. The molecule has 6 nitrogen and oxygen atoms in total. The topological polar surface area (TPSA) is 65.5 Å². The first-order chi connectivity index (χ1) is 10.2. The molecule has 1 aliphatic heterocycles. The lowest BCUT2D eigenvalue weighted by Gasteiger charge is -2.09. The van der Waals surface area contributed by atoms with E-state index in [9.17, 15) is 0 Å². The van der Waals surface area contributed by atoms with Crippen molar-refractivity contribution < 1.29 is 14.2 Å². The van der Waals surface area contributed by atoms with Crippen molar-refractivity contribution in [3.63, 3.8) is 0 Å². The highest BCUT2D eigenvalue weighted by Crippen LogP contribution is 2.32. The Morgan fingerprint density at radius 3 is 2.90 bits per heavy atom. The Hall–Kier alpha value is -2.50. The molecule has 3 rings (SSSR count). The molecule has 1 N–H and O–H groups in total. The van der Waals surface area contributed by atoms with Gasteiger partial charge in [0, 0.05) is 12.6 Å². The van der Waals surface area contributed by atoms with Gasteiger partial charge in [-0.3, -0.25) is 0 Å². The van der Waals surface area contributed by atoms with Crippen LogP contribution in [0, 0.1) is 6.92 Å². The third kappa shape index (κ3) is 3.16. The first-order valence-corrected chi connectivity index (χ1v) is 6.85. The first-order valence-electron chi connectivity index (χ1n) is 6.85. The number of hydrogen-bond donors (Lipinski definition) is 1. The summed E-state index contributed by atoms with van der Waals surface area (Å²) in [6.07, 6.45) is 0. The Bertz CT molecular complexity index is 646. The van der Waals surface area contributed by atoms with E-state index in [1.54, 1.807) is 6.07 Å². The maximum atomic E-state index is 5.41. The summed E-state index contributed by atoms with van der Waals surface area (Å²) in [5.74, 6) is 3.56. The largest absolute Gasteiger partial charge is 0.478 e. The lowest BCUT2D eigenvalue weighted by atomic mass is 10.2. The van der Waals surface area contributed by atoms with E-state index in [0.29, 0.717) is 24.9 Å². The van der Waals surface area contributed by atoms with E-state index in [1.165, 1.54) is 0 Å². The molecule has 110 valence electrons. The fourth-order valence-electron chi connectivity index (χ4n) is 2.10. The van der Waals surface area contributed by atoms with Gasteiger partial charge in [0.05, 0.1) is 6.61 Å². The summed E-state index contributed by atoms with van der Waals surface area (Å²) < 4.78 is 16.1. The summed E-state index contributed by atoms with van der Waals surface area (Å²) in [6, 6.07) is 7.67. The number of anilines is 1. The predicted octanol–water partition coefficient (Wildman–Crippen LogP) is 2.52. The minimum absolute atomic E-state index is 0.287. The number of aryl methyl sites for hydroxylation is 1. The highest BCUT2D eigenvalue weighted by atomic mass is 16.7. The molecule has 0 spiro atoms. The number of rotatable bonds is 5. The molecule has 0 atom stereocenters. The molecule has 0 saturated carbocycles. The molecule has 1 aromatic carbocycles. The van der Waals surface area contributed by atoms with Crippen molar-refractivity contribution in [1.82, 2.24) is 9.97 Å². The average Bonchev–Trinajstić information content (AvgIpc) is 2.92. The smallest absolute Gasteiger partial charge is 0.231 e. The standard InChI is InChI=1S/C15H17N3O3/c1-3-19-15-7-14(17-10(2)18-15)16-8-11-4-5-12-13(6-11)21-9-20-12/h4-7H,3,8-9H2,1-2H3,(H,16,17,18). The average molecular weight is 287 g/mol. The quantitative estimate of drug-likeness (QED) is 0.911. The van der Waals surface area contributed by atoms with Gasteiger partial charge in [0.2, 0.25) is 12.7 Å². The molecule has 0 bridgehead atoms. The van der Waals surface area contributed by atoms with Crippen molar-refractivity contribution in [3.05, 3.63) is 35.7 Å². The lowest BCUT2D eigenvalue weighted by molar-refractivity contribution is 0.174. The molecular formula is C15H17N3O3. The first kappa shape index (κ1) is 13.5. The number of aromatic nitrogens is 2. The van der Waals surface area contributed by atoms with Crippen molar-refractivity contribution in [1.29, 1.82) is 0 Å². The van der Waals surface area contributed by atoms with Gasteiger partial charge in [-0.2, -0.15) is 4.98 Å². The van der Waals surface area contributed by atoms with Crippen molar-refractivity contribution in [2.24, 2.45) is 0 Å². The van der Waals surface area contributed by atoms with E-state index in [0.717, 1.165) is 22.9 Å². The molecule has 1 aliphatic rings. The summed E-state index contributed by atoms with van der Waals surface area (Å²) in [7, 11) is 0. The Labute approximate surface area is 123 Å². The molecule has 0 aliphatic carbocycles. The fraction of sp³-hybridized carbons (Fsp3) is 0.333. The van der Waals surface area contributed by atoms with E-state index in [4.69, 9.17) is 14.2 Å². The second-order valence-corrected chi connectivity index (χ2v) is 4.61. The molecular weight excluding hydrogens is 270 g/mol. The van der Waals surface area contributed by atoms with Gasteiger partial charge in [-0.05, 0) is 31.5 Å². The minimum Gasteiger partial charge on any atom is -0.478 e. The van der Waals surface area contributed by atoms with E-state index < -0.39 is 0 Å².